The van der Waals surface area contributed by atoms with E-state index in [0.29, 0.717) is 0 Å². The zero-order chi connectivity index (χ0) is 4.57. The molecular weight excluding hydrogens is 78.0 g/mol. The molecule has 1 heterocycles. The highest BCUT2D eigenvalue weighted by Gasteiger charge is 2.20. The second kappa shape index (κ2) is 1.21. The average molecular weight is 87.1 g/mol. The highest BCUT2D eigenvalue weighted by atomic mass is 16.3. The lowest BCUT2D eigenvalue weighted by atomic mass is 10.7. The molecule has 0 aliphatic carbocycles. The number of aliphatic hydroxyl groups is 1. The Balaban J connectivity index is 2.13. The standard InChI is InChI=1S/C4H9NO/c1-4(6)5-2-3-5/h4,6H,2-3H2,1H3. The van der Waals surface area contributed by atoms with E-state index in [4.69, 9.17) is 5.11 Å². The molecule has 36 valence electrons. The quantitative estimate of drug-likeness (QED) is 0.441. The summed E-state index contributed by atoms with van der Waals surface area (Å²) in [4.78, 5) is 1.97. The van der Waals surface area contributed by atoms with Crippen LogP contribution < -0.4 is 0 Å². The molecule has 2 nitrogen and oxygen atoms in total. The number of hydrogen-bond donors (Lipinski definition) is 1. The van der Waals surface area contributed by atoms with E-state index in [0.717, 1.165) is 13.1 Å². The lowest BCUT2D eigenvalue weighted by molar-refractivity contribution is 0.0993. The minimum absolute atomic E-state index is 0.204. The smallest absolute Gasteiger partial charge is 0.104 e. The fourth-order valence-electron chi connectivity index (χ4n) is 0.431. The van der Waals surface area contributed by atoms with E-state index in [9.17, 15) is 0 Å². The van der Waals surface area contributed by atoms with E-state index in [1.54, 1.807) is 6.92 Å². The van der Waals surface area contributed by atoms with E-state index in [-0.39, 0.29) is 6.23 Å². The van der Waals surface area contributed by atoms with Crippen molar-refractivity contribution in [1.29, 1.82) is 0 Å². The van der Waals surface area contributed by atoms with Crippen LogP contribution in [0.5, 0.6) is 0 Å². The van der Waals surface area contributed by atoms with Gasteiger partial charge in [-0.15, -0.1) is 0 Å². The van der Waals surface area contributed by atoms with Crippen molar-refractivity contribution < 1.29 is 5.11 Å². The van der Waals surface area contributed by atoms with Gasteiger partial charge in [0.15, 0.2) is 0 Å². The van der Waals surface area contributed by atoms with Gasteiger partial charge in [0.1, 0.15) is 6.23 Å². The van der Waals surface area contributed by atoms with Crippen LogP contribution in [-0.4, -0.2) is 29.3 Å². The van der Waals surface area contributed by atoms with Crippen LogP contribution in [0.15, 0.2) is 0 Å². The van der Waals surface area contributed by atoms with Gasteiger partial charge < -0.3 is 5.11 Å². The third-order valence-corrected chi connectivity index (χ3v) is 1.01. The van der Waals surface area contributed by atoms with Crippen LogP contribution >= 0.6 is 0 Å². The molecule has 1 rings (SSSR count). The van der Waals surface area contributed by atoms with Gasteiger partial charge in [-0.2, -0.15) is 0 Å². The highest BCUT2D eigenvalue weighted by molar-refractivity contribution is 4.71. The Morgan fingerprint density at radius 2 is 2.17 bits per heavy atom. The van der Waals surface area contributed by atoms with E-state index in [2.05, 4.69) is 0 Å². The summed E-state index contributed by atoms with van der Waals surface area (Å²) in [5.74, 6) is 0. The third kappa shape index (κ3) is 0.698. The SMILES string of the molecule is CC(O)N1CC1. The second-order valence-electron chi connectivity index (χ2n) is 1.67. The van der Waals surface area contributed by atoms with E-state index in [1.165, 1.54) is 0 Å². The molecule has 1 N–H and O–H groups in total. The summed E-state index contributed by atoms with van der Waals surface area (Å²) in [6.07, 6.45) is -0.204. The lowest BCUT2D eigenvalue weighted by Gasteiger charge is -1.99. The van der Waals surface area contributed by atoms with Crippen LogP contribution in [0.1, 0.15) is 6.92 Å². The molecule has 2 heteroatoms. The van der Waals surface area contributed by atoms with Gasteiger partial charge in [0.25, 0.3) is 0 Å². The first-order chi connectivity index (χ1) is 2.80. The van der Waals surface area contributed by atoms with Crippen molar-refractivity contribution >= 4 is 0 Å². The molecular formula is C4H9NO. The third-order valence-electron chi connectivity index (χ3n) is 1.01. The maximum Gasteiger partial charge on any atom is 0.104 e. The molecule has 6 heavy (non-hydrogen) atoms. The number of aliphatic hydroxyl groups excluding tert-OH is 1. The molecule has 1 aliphatic heterocycles. The Labute approximate surface area is 37.4 Å². The largest absolute Gasteiger partial charge is 0.379 e. The van der Waals surface area contributed by atoms with Crippen LogP contribution in [0.4, 0.5) is 0 Å². The number of nitrogens with zero attached hydrogens (tertiary/aromatic N) is 1. The van der Waals surface area contributed by atoms with Gasteiger partial charge in [-0.25, -0.2) is 0 Å². The van der Waals surface area contributed by atoms with Crippen LogP contribution in [0.3, 0.4) is 0 Å². The Morgan fingerprint density at radius 3 is 2.17 bits per heavy atom. The summed E-state index contributed by atoms with van der Waals surface area (Å²) in [6, 6.07) is 0. The zero-order valence-corrected chi connectivity index (χ0v) is 3.89. The first kappa shape index (κ1) is 4.09. The maximum absolute atomic E-state index is 8.62. The predicted octanol–water partition coefficient (Wildman–Crippen LogP) is -0.360. The normalized spacial score (nSPS) is 27.0. The van der Waals surface area contributed by atoms with Gasteiger partial charge in [0.2, 0.25) is 0 Å². The first-order valence-electron chi connectivity index (χ1n) is 2.23. The van der Waals surface area contributed by atoms with Gasteiger partial charge >= 0.3 is 0 Å². The summed E-state index contributed by atoms with van der Waals surface area (Å²) < 4.78 is 0. The van der Waals surface area contributed by atoms with Crippen LogP contribution in [0, 0.1) is 0 Å². The number of rotatable bonds is 1. The molecule has 1 fully saturated rings. The topological polar surface area (TPSA) is 23.2 Å². The van der Waals surface area contributed by atoms with Crippen molar-refractivity contribution in [2.24, 2.45) is 0 Å². The molecule has 1 aliphatic rings. The van der Waals surface area contributed by atoms with E-state index >= 15 is 0 Å². The van der Waals surface area contributed by atoms with Gasteiger partial charge in [-0.3, -0.25) is 4.90 Å². The predicted molar refractivity (Wildman–Crippen MR) is 23.3 cm³/mol. The first-order valence-corrected chi connectivity index (χ1v) is 2.23. The minimum atomic E-state index is -0.204. The fraction of sp³-hybridized carbons (Fsp3) is 1.00. The summed E-state index contributed by atoms with van der Waals surface area (Å²) in [6.45, 7) is 3.95. The van der Waals surface area contributed by atoms with Gasteiger partial charge in [0.05, 0.1) is 0 Å². The summed E-state index contributed by atoms with van der Waals surface area (Å²) in [5.41, 5.74) is 0. The van der Waals surface area contributed by atoms with Crippen LogP contribution in [-0.2, 0) is 0 Å². The van der Waals surface area contributed by atoms with Gasteiger partial charge in [-0.05, 0) is 6.92 Å². The highest BCUT2D eigenvalue weighted by Crippen LogP contribution is 2.05. The van der Waals surface area contributed by atoms with Crippen molar-refractivity contribution in [2.75, 3.05) is 13.1 Å². The van der Waals surface area contributed by atoms with Crippen molar-refractivity contribution in [1.82, 2.24) is 4.90 Å². The molecule has 1 saturated heterocycles. The van der Waals surface area contributed by atoms with Gasteiger partial charge in [-0.1, -0.05) is 0 Å². The van der Waals surface area contributed by atoms with Crippen molar-refractivity contribution in [3.8, 4) is 0 Å². The Kier molecular flexibility index (Phi) is 0.821. The average Bonchev–Trinajstić information content (AvgIpc) is 2.06. The van der Waals surface area contributed by atoms with Gasteiger partial charge in [0, 0.05) is 13.1 Å². The molecule has 1 unspecified atom stereocenters. The molecule has 0 amide bonds. The lowest BCUT2D eigenvalue weighted by Crippen LogP contribution is -2.11. The van der Waals surface area contributed by atoms with E-state index in [1.807, 2.05) is 4.90 Å². The summed E-state index contributed by atoms with van der Waals surface area (Å²) in [5, 5.41) is 8.62. The maximum atomic E-state index is 8.62. The number of hydrogen-bond acceptors (Lipinski definition) is 2. The van der Waals surface area contributed by atoms with Crippen LogP contribution in [0.2, 0.25) is 0 Å². The molecule has 0 aromatic carbocycles. The van der Waals surface area contributed by atoms with Crippen LogP contribution in [0.25, 0.3) is 0 Å². The Bertz CT molecular complexity index is 49.5. The molecule has 1 atom stereocenters. The summed E-state index contributed by atoms with van der Waals surface area (Å²) in [7, 11) is 0. The Hall–Kier alpha value is -0.0800. The fourth-order valence-corrected chi connectivity index (χ4v) is 0.431. The monoisotopic (exact) mass is 87.1 g/mol. The minimum Gasteiger partial charge on any atom is -0.379 e. The van der Waals surface area contributed by atoms with Crippen molar-refractivity contribution in [3.63, 3.8) is 0 Å². The molecule has 0 aromatic heterocycles. The molecule has 0 bridgehead atoms. The van der Waals surface area contributed by atoms with Crippen molar-refractivity contribution in [2.45, 2.75) is 13.2 Å². The van der Waals surface area contributed by atoms with Crippen molar-refractivity contribution in [3.05, 3.63) is 0 Å². The molecule has 0 aromatic rings. The molecule has 0 spiro atoms. The summed E-state index contributed by atoms with van der Waals surface area (Å²) >= 11 is 0. The van der Waals surface area contributed by atoms with E-state index < -0.39 is 0 Å². The molecule has 0 saturated carbocycles. The second-order valence-corrected chi connectivity index (χ2v) is 1.67. The Morgan fingerprint density at radius 1 is 1.67 bits per heavy atom. The molecule has 0 radical (unpaired) electrons. The zero-order valence-electron chi connectivity index (χ0n) is 3.89.